The van der Waals surface area contributed by atoms with Gasteiger partial charge in [-0.25, -0.2) is 4.98 Å². The molecule has 0 atom stereocenters. The summed E-state index contributed by atoms with van der Waals surface area (Å²) in [6, 6.07) is 1.57. The first-order valence-corrected chi connectivity index (χ1v) is 5.89. The summed E-state index contributed by atoms with van der Waals surface area (Å²) in [5.74, 6) is 1.36. The van der Waals surface area contributed by atoms with Gasteiger partial charge in [-0.05, 0) is 12.8 Å². The van der Waals surface area contributed by atoms with E-state index in [0.717, 1.165) is 18.7 Å². The van der Waals surface area contributed by atoms with E-state index in [1.807, 2.05) is 0 Å². The molecule has 1 aliphatic rings. The van der Waals surface area contributed by atoms with Crippen molar-refractivity contribution in [2.45, 2.75) is 31.6 Å². The zero-order valence-corrected chi connectivity index (χ0v) is 10.2. The van der Waals surface area contributed by atoms with Crippen LogP contribution in [0.15, 0.2) is 6.07 Å². The van der Waals surface area contributed by atoms with E-state index in [1.165, 1.54) is 12.8 Å². The molecule has 0 radical (unpaired) electrons. The summed E-state index contributed by atoms with van der Waals surface area (Å²) in [6.45, 7) is 0. The highest BCUT2D eigenvalue weighted by Gasteiger charge is 2.22. The predicted molar refractivity (Wildman–Crippen MR) is 63.2 cm³/mol. The van der Waals surface area contributed by atoms with E-state index in [4.69, 9.17) is 4.74 Å². The normalized spacial score (nSPS) is 15.9. The maximum Gasteiger partial charge on any atom is 0.269 e. The number of carbonyl (C=O) groups excluding carboxylic acids is 1. The summed E-state index contributed by atoms with van der Waals surface area (Å²) < 4.78 is 5.12. The van der Waals surface area contributed by atoms with E-state index in [1.54, 1.807) is 20.2 Å². The fourth-order valence-corrected chi connectivity index (χ4v) is 2.16. The lowest BCUT2D eigenvalue weighted by atomic mass is 10.1. The van der Waals surface area contributed by atoms with Crippen molar-refractivity contribution in [2.24, 2.45) is 0 Å². The standard InChI is InChI=1S/C12H17N3O2/c1-13-12(16)9-7-10(17-2)15-11(14-9)8-5-3-4-6-8/h7-8H,3-6H2,1-2H3,(H,13,16). The Hall–Kier alpha value is -1.65. The molecule has 0 unspecified atom stereocenters. The third-order valence-corrected chi connectivity index (χ3v) is 3.11. The summed E-state index contributed by atoms with van der Waals surface area (Å²) in [6.07, 6.45) is 4.61. The lowest BCUT2D eigenvalue weighted by Gasteiger charge is -2.10. The van der Waals surface area contributed by atoms with Gasteiger partial charge in [-0.3, -0.25) is 4.79 Å². The molecule has 5 nitrogen and oxygen atoms in total. The van der Waals surface area contributed by atoms with Crippen LogP contribution in [0.1, 0.15) is 47.9 Å². The van der Waals surface area contributed by atoms with E-state index in [0.29, 0.717) is 17.5 Å². The summed E-state index contributed by atoms with van der Waals surface area (Å²) >= 11 is 0. The van der Waals surface area contributed by atoms with Crippen LogP contribution >= 0.6 is 0 Å². The molecule has 17 heavy (non-hydrogen) atoms. The van der Waals surface area contributed by atoms with E-state index in [2.05, 4.69) is 15.3 Å². The van der Waals surface area contributed by atoms with E-state index >= 15 is 0 Å². The van der Waals surface area contributed by atoms with Crippen LogP contribution in [0.4, 0.5) is 0 Å². The van der Waals surface area contributed by atoms with Crippen LogP contribution in [0.25, 0.3) is 0 Å². The first-order chi connectivity index (χ1) is 8.24. The zero-order chi connectivity index (χ0) is 12.3. The molecule has 2 rings (SSSR count). The molecule has 1 aromatic heterocycles. The number of aromatic nitrogens is 2. The lowest BCUT2D eigenvalue weighted by molar-refractivity contribution is 0.0957. The van der Waals surface area contributed by atoms with Crippen LogP contribution in [-0.2, 0) is 0 Å². The highest BCUT2D eigenvalue weighted by molar-refractivity contribution is 5.92. The number of rotatable bonds is 3. The van der Waals surface area contributed by atoms with Crippen molar-refractivity contribution >= 4 is 5.91 Å². The second kappa shape index (κ2) is 5.12. The van der Waals surface area contributed by atoms with Crippen LogP contribution < -0.4 is 10.1 Å². The van der Waals surface area contributed by atoms with E-state index < -0.39 is 0 Å². The summed E-state index contributed by atoms with van der Waals surface area (Å²) in [7, 11) is 3.14. The molecule has 1 aromatic rings. The fourth-order valence-electron chi connectivity index (χ4n) is 2.16. The Labute approximate surface area is 101 Å². The molecule has 1 N–H and O–H groups in total. The molecular weight excluding hydrogens is 218 g/mol. The number of ether oxygens (including phenoxy) is 1. The van der Waals surface area contributed by atoms with Gasteiger partial charge in [-0.2, -0.15) is 4.98 Å². The smallest absolute Gasteiger partial charge is 0.269 e. The average Bonchev–Trinajstić information content (AvgIpc) is 2.91. The number of hydrogen-bond donors (Lipinski definition) is 1. The Balaban J connectivity index is 2.34. The molecule has 1 amide bonds. The van der Waals surface area contributed by atoms with Gasteiger partial charge >= 0.3 is 0 Å². The number of hydrogen-bond acceptors (Lipinski definition) is 4. The molecule has 1 heterocycles. The minimum Gasteiger partial charge on any atom is -0.481 e. The molecule has 5 heteroatoms. The highest BCUT2D eigenvalue weighted by atomic mass is 16.5. The van der Waals surface area contributed by atoms with Crippen LogP contribution in [0.3, 0.4) is 0 Å². The van der Waals surface area contributed by atoms with E-state index in [9.17, 15) is 4.79 Å². The number of methoxy groups -OCH3 is 1. The average molecular weight is 235 g/mol. The Bertz CT molecular complexity index is 414. The number of amides is 1. The molecule has 0 spiro atoms. The van der Waals surface area contributed by atoms with Crippen molar-refractivity contribution in [2.75, 3.05) is 14.2 Å². The first-order valence-electron chi connectivity index (χ1n) is 5.89. The van der Waals surface area contributed by atoms with Crippen molar-refractivity contribution in [1.82, 2.24) is 15.3 Å². The van der Waals surface area contributed by atoms with Gasteiger partial charge in [0.1, 0.15) is 11.5 Å². The van der Waals surface area contributed by atoms with Crippen molar-refractivity contribution in [3.63, 3.8) is 0 Å². The van der Waals surface area contributed by atoms with Crippen LogP contribution in [0.2, 0.25) is 0 Å². The third-order valence-electron chi connectivity index (χ3n) is 3.11. The maximum absolute atomic E-state index is 11.6. The van der Waals surface area contributed by atoms with Crippen LogP contribution in [-0.4, -0.2) is 30.0 Å². The summed E-state index contributed by atoms with van der Waals surface area (Å²) in [5.41, 5.74) is 0.376. The Kier molecular flexibility index (Phi) is 3.56. The molecule has 1 saturated carbocycles. The van der Waals surface area contributed by atoms with Crippen molar-refractivity contribution in [1.29, 1.82) is 0 Å². The second-order valence-corrected chi connectivity index (χ2v) is 4.21. The molecule has 92 valence electrons. The van der Waals surface area contributed by atoms with Crippen molar-refractivity contribution in [3.8, 4) is 5.88 Å². The first kappa shape index (κ1) is 11.8. The topological polar surface area (TPSA) is 64.1 Å². The fraction of sp³-hybridized carbons (Fsp3) is 0.583. The SMILES string of the molecule is CNC(=O)c1cc(OC)nc(C2CCCC2)n1. The van der Waals surface area contributed by atoms with Crippen molar-refractivity contribution in [3.05, 3.63) is 17.6 Å². The molecule has 0 aliphatic heterocycles. The van der Waals surface area contributed by atoms with Gasteiger partial charge in [0.15, 0.2) is 0 Å². The van der Waals surface area contributed by atoms with Gasteiger partial charge in [-0.15, -0.1) is 0 Å². The number of nitrogens with one attached hydrogen (secondary N) is 1. The van der Waals surface area contributed by atoms with Crippen LogP contribution in [0.5, 0.6) is 5.88 Å². The summed E-state index contributed by atoms with van der Waals surface area (Å²) in [4.78, 5) is 20.3. The van der Waals surface area contributed by atoms with Gasteiger partial charge in [0.2, 0.25) is 5.88 Å². The zero-order valence-electron chi connectivity index (χ0n) is 10.2. The minimum atomic E-state index is -0.204. The maximum atomic E-state index is 11.6. The molecule has 1 aliphatic carbocycles. The molecule has 0 saturated heterocycles. The predicted octanol–water partition coefficient (Wildman–Crippen LogP) is 1.50. The Morgan fingerprint density at radius 1 is 1.41 bits per heavy atom. The van der Waals surface area contributed by atoms with Gasteiger partial charge in [-0.1, -0.05) is 12.8 Å². The van der Waals surface area contributed by atoms with Crippen molar-refractivity contribution < 1.29 is 9.53 Å². The van der Waals surface area contributed by atoms with Gasteiger partial charge < -0.3 is 10.1 Å². The summed E-state index contributed by atoms with van der Waals surface area (Å²) in [5, 5.41) is 2.57. The lowest BCUT2D eigenvalue weighted by Crippen LogP contribution is -2.20. The minimum absolute atomic E-state index is 0.204. The van der Waals surface area contributed by atoms with Gasteiger partial charge in [0.05, 0.1) is 7.11 Å². The number of nitrogens with zero attached hydrogens (tertiary/aromatic N) is 2. The largest absolute Gasteiger partial charge is 0.481 e. The second-order valence-electron chi connectivity index (χ2n) is 4.21. The Morgan fingerprint density at radius 3 is 2.71 bits per heavy atom. The monoisotopic (exact) mass is 235 g/mol. The highest BCUT2D eigenvalue weighted by Crippen LogP contribution is 2.32. The molecule has 0 aromatic carbocycles. The third kappa shape index (κ3) is 2.54. The molecule has 1 fully saturated rings. The molecule has 0 bridgehead atoms. The van der Waals surface area contributed by atoms with Gasteiger partial charge in [0, 0.05) is 19.0 Å². The van der Waals surface area contributed by atoms with Crippen LogP contribution in [0, 0.1) is 0 Å². The Morgan fingerprint density at radius 2 is 2.12 bits per heavy atom. The van der Waals surface area contributed by atoms with Gasteiger partial charge in [0.25, 0.3) is 5.91 Å². The number of carbonyl (C=O) groups is 1. The quantitative estimate of drug-likeness (QED) is 0.862. The van der Waals surface area contributed by atoms with E-state index in [-0.39, 0.29) is 5.91 Å². The molecular formula is C12H17N3O2.